The van der Waals surface area contributed by atoms with Crippen LogP contribution in [0.15, 0.2) is 34.9 Å². The summed E-state index contributed by atoms with van der Waals surface area (Å²) in [6, 6.07) is 8.46. The van der Waals surface area contributed by atoms with Crippen LogP contribution in [0.5, 0.6) is 11.5 Å². The third kappa shape index (κ3) is 2.46. The zero-order valence-electron chi connectivity index (χ0n) is 10.8. The number of rotatable bonds is 3. The summed E-state index contributed by atoms with van der Waals surface area (Å²) in [5.74, 6) is -0.246. The zero-order valence-corrected chi connectivity index (χ0v) is 11.6. The number of benzene rings is 1. The molecule has 1 aromatic carbocycles. The van der Waals surface area contributed by atoms with E-state index in [1.807, 2.05) is 6.07 Å². The first-order valence-electron chi connectivity index (χ1n) is 6.27. The third-order valence-corrected chi connectivity index (χ3v) is 3.47. The predicted molar refractivity (Wildman–Crippen MR) is 73.8 cm³/mol. The van der Waals surface area contributed by atoms with Crippen molar-refractivity contribution in [3.05, 3.63) is 46.9 Å². The summed E-state index contributed by atoms with van der Waals surface area (Å²) in [5.41, 5.74) is 0.724. The molecule has 0 bridgehead atoms. The van der Waals surface area contributed by atoms with Crippen LogP contribution in [0.3, 0.4) is 0 Å². The Morgan fingerprint density at radius 2 is 2.00 bits per heavy atom. The lowest BCUT2D eigenvalue weighted by molar-refractivity contribution is 0.0978. The van der Waals surface area contributed by atoms with Crippen LogP contribution in [0.25, 0.3) is 0 Å². The highest BCUT2D eigenvalue weighted by Gasteiger charge is 2.26. The Morgan fingerprint density at radius 1 is 1.24 bits per heavy atom. The Hall–Kier alpha value is -2.45. The van der Waals surface area contributed by atoms with E-state index in [1.54, 1.807) is 18.2 Å². The molecule has 1 aliphatic heterocycles. The molecule has 3 rings (SSSR count). The molecule has 0 saturated heterocycles. The lowest BCUT2D eigenvalue weighted by atomic mass is 9.92. The quantitative estimate of drug-likeness (QED) is 0.814. The second-order valence-electron chi connectivity index (χ2n) is 4.44. The van der Waals surface area contributed by atoms with Crippen molar-refractivity contribution in [2.75, 3.05) is 13.2 Å². The Bertz CT molecular complexity index is 732. The van der Waals surface area contributed by atoms with E-state index in [2.05, 4.69) is 0 Å². The first kappa shape index (κ1) is 13.5. The van der Waals surface area contributed by atoms with Gasteiger partial charge in [0.2, 0.25) is 5.22 Å². The minimum Gasteiger partial charge on any atom is -0.486 e. The standard InChI is InChI=1S/C15H10ClNO4/c16-15-10(3-4-21-15)14(18)11(8-17)9-1-2-12-13(7-9)20-6-5-19-12/h1-4,7,11H,5-6H2. The van der Waals surface area contributed by atoms with E-state index in [1.165, 1.54) is 12.3 Å². The molecule has 0 saturated carbocycles. The molecular weight excluding hydrogens is 294 g/mol. The van der Waals surface area contributed by atoms with Crippen molar-refractivity contribution >= 4 is 17.4 Å². The first-order valence-corrected chi connectivity index (χ1v) is 6.65. The maximum absolute atomic E-state index is 12.4. The smallest absolute Gasteiger partial charge is 0.203 e. The largest absolute Gasteiger partial charge is 0.486 e. The molecule has 0 N–H and O–H groups in total. The molecular formula is C15H10ClNO4. The zero-order chi connectivity index (χ0) is 14.8. The lowest BCUT2D eigenvalue weighted by Gasteiger charge is -2.19. The highest BCUT2D eigenvalue weighted by atomic mass is 35.5. The fourth-order valence-electron chi connectivity index (χ4n) is 2.15. The number of ketones is 1. The number of nitrogens with zero attached hydrogens (tertiary/aromatic N) is 1. The van der Waals surface area contributed by atoms with Gasteiger partial charge in [0.1, 0.15) is 19.1 Å². The normalized spacial score (nSPS) is 14.3. The van der Waals surface area contributed by atoms with Crippen LogP contribution in [-0.2, 0) is 0 Å². The van der Waals surface area contributed by atoms with Crippen molar-refractivity contribution < 1.29 is 18.7 Å². The summed E-state index contributed by atoms with van der Waals surface area (Å²) >= 11 is 5.80. The summed E-state index contributed by atoms with van der Waals surface area (Å²) < 4.78 is 15.8. The van der Waals surface area contributed by atoms with Crippen molar-refractivity contribution in [2.24, 2.45) is 0 Å². The Morgan fingerprint density at radius 3 is 2.67 bits per heavy atom. The van der Waals surface area contributed by atoms with E-state index in [9.17, 15) is 10.1 Å². The highest BCUT2D eigenvalue weighted by Crippen LogP contribution is 2.34. The summed E-state index contributed by atoms with van der Waals surface area (Å²) in [6.45, 7) is 0.923. The van der Waals surface area contributed by atoms with E-state index in [-0.39, 0.29) is 10.8 Å². The average molecular weight is 304 g/mol. The van der Waals surface area contributed by atoms with Gasteiger partial charge >= 0.3 is 0 Å². The van der Waals surface area contributed by atoms with Gasteiger partial charge in [-0.05, 0) is 35.4 Å². The minimum absolute atomic E-state index is 0.0159. The van der Waals surface area contributed by atoms with Gasteiger partial charge in [-0.1, -0.05) is 6.07 Å². The average Bonchev–Trinajstić information content (AvgIpc) is 2.94. The summed E-state index contributed by atoms with van der Waals surface area (Å²) in [5, 5.41) is 9.31. The molecule has 1 atom stereocenters. The van der Waals surface area contributed by atoms with Gasteiger partial charge in [0, 0.05) is 0 Å². The molecule has 1 aromatic heterocycles. The molecule has 5 nitrogen and oxygen atoms in total. The van der Waals surface area contributed by atoms with Crippen LogP contribution in [0.4, 0.5) is 0 Å². The van der Waals surface area contributed by atoms with Crippen LogP contribution < -0.4 is 9.47 Å². The fraction of sp³-hybridized carbons (Fsp3) is 0.200. The summed E-state index contributed by atoms with van der Waals surface area (Å²) in [4.78, 5) is 12.4. The molecule has 0 amide bonds. The Balaban J connectivity index is 1.95. The number of furan rings is 1. The summed E-state index contributed by atoms with van der Waals surface area (Å²) in [7, 11) is 0. The molecule has 0 radical (unpaired) electrons. The Kier molecular flexibility index (Phi) is 3.55. The van der Waals surface area contributed by atoms with Crippen molar-refractivity contribution in [1.29, 1.82) is 5.26 Å². The van der Waals surface area contributed by atoms with Gasteiger partial charge in [0.15, 0.2) is 17.3 Å². The molecule has 2 aromatic rings. The monoisotopic (exact) mass is 303 g/mol. The van der Waals surface area contributed by atoms with Crippen molar-refractivity contribution in [3.63, 3.8) is 0 Å². The number of carbonyl (C=O) groups excluding carboxylic acids is 1. The van der Waals surface area contributed by atoms with Crippen LogP contribution in [0.2, 0.25) is 5.22 Å². The van der Waals surface area contributed by atoms with E-state index < -0.39 is 11.7 Å². The minimum atomic E-state index is -0.976. The van der Waals surface area contributed by atoms with Gasteiger partial charge in [-0.15, -0.1) is 0 Å². The number of fused-ring (bicyclic) bond motifs is 1. The molecule has 1 aliphatic rings. The van der Waals surface area contributed by atoms with Crippen molar-refractivity contribution in [1.82, 2.24) is 0 Å². The number of halogens is 1. The SMILES string of the molecule is N#CC(C(=O)c1ccoc1Cl)c1ccc2c(c1)OCCO2. The van der Waals surface area contributed by atoms with Crippen LogP contribution in [0.1, 0.15) is 21.8 Å². The maximum atomic E-state index is 12.4. The first-order chi connectivity index (χ1) is 10.2. The van der Waals surface area contributed by atoms with E-state index in [4.69, 9.17) is 25.5 Å². The van der Waals surface area contributed by atoms with Crippen LogP contribution in [-0.4, -0.2) is 19.0 Å². The number of hydrogen-bond donors (Lipinski definition) is 0. The molecule has 0 spiro atoms. The number of hydrogen-bond acceptors (Lipinski definition) is 5. The molecule has 106 valence electrons. The van der Waals surface area contributed by atoms with Crippen molar-refractivity contribution in [3.8, 4) is 17.6 Å². The van der Waals surface area contributed by atoms with Gasteiger partial charge < -0.3 is 13.9 Å². The van der Waals surface area contributed by atoms with Gasteiger partial charge in [0.25, 0.3) is 0 Å². The third-order valence-electron chi connectivity index (χ3n) is 3.17. The topological polar surface area (TPSA) is 72.5 Å². The second kappa shape index (κ2) is 5.51. The molecule has 21 heavy (non-hydrogen) atoms. The molecule has 6 heteroatoms. The van der Waals surface area contributed by atoms with Gasteiger partial charge in [-0.2, -0.15) is 5.26 Å². The van der Waals surface area contributed by atoms with Crippen LogP contribution >= 0.6 is 11.6 Å². The highest BCUT2D eigenvalue weighted by molar-refractivity contribution is 6.32. The molecule has 0 aliphatic carbocycles. The molecule has 2 heterocycles. The van der Waals surface area contributed by atoms with E-state index in [0.29, 0.717) is 30.3 Å². The molecule has 1 unspecified atom stereocenters. The van der Waals surface area contributed by atoms with Gasteiger partial charge in [-0.3, -0.25) is 4.79 Å². The van der Waals surface area contributed by atoms with E-state index >= 15 is 0 Å². The van der Waals surface area contributed by atoms with E-state index in [0.717, 1.165) is 0 Å². The Labute approximate surface area is 125 Å². The predicted octanol–water partition coefficient (Wildman–Crippen LogP) is 3.19. The summed E-state index contributed by atoms with van der Waals surface area (Å²) in [6.07, 6.45) is 1.31. The maximum Gasteiger partial charge on any atom is 0.203 e. The lowest BCUT2D eigenvalue weighted by Crippen LogP contribution is -2.16. The number of ether oxygens (including phenoxy) is 2. The van der Waals surface area contributed by atoms with Crippen LogP contribution in [0, 0.1) is 11.3 Å². The van der Waals surface area contributed by atoms with Gasteiger partial charge in [0.05, 0.1) is 17.9 Å². The number of Topliss-reactive ketones (excluding diaryl/α,β-unsaturated/α-hetero) is 1. The second-order valence-corrected chi connectivity index (χ2v) is 4.78. The van der Waals surface area contributed by atoms with Gasteiger partial charge in [-0.25, -0.2) is 0 Å². The molecule has 0 fully saturated rings. The van der Waals surface area contributed by atoms with Crippen molar-refractivity contribution in [2.45, 2.75) is 5.92 Å². The number of nitriles is 1. The fourth-order valence-corrected chi connectivity index (χ4v) is 2.36. The number of carbonyl (C=O) groups is 1.